The summed E-state index contributed by atoms with van der Waals surface area (Å²) in [5.41, 5.74) is 4.39. The van der Waals surface area contributed by atoms with Gasteiger partial charge < -0.3 is 4.90 Å². The van der Waals surface area contributed by atoms with Gasteiger partial charge in [-0.2, -0.15) is 0 Å². The summed E-state index contributed by atoms with van der Waals surface area (Å²) in [5, 5.41) is 0.984. The number of para-hydroxylation sites is 1. The second kappa shape index (κ2) is 6.21. The van der Waals surface area contributed by atoms with Crippen molar-refractivity contribution in [2.45, 2.75) is 19.8 Å². The van der Waals surface area contributed by atoms with Gasteiger partial charge in [-0.1, -0.05) is 48.5 Å². The fourth-order valence-electron chi connectivity index (χ4n) is 3.13. The molecular formula is C20H18N2OS. The van der Waals surface area contributed by atoms with Gasteiger partial charge in [0, 0.05) is 22.7 Å². The average molecular weight is 334 g/mol. The Morgan fingerprint density at radius 1 is 1.12 bits per heavy atom. The van der Waals surface area contributed by atoms with E-state index in [2.05, 4.69) is 23.2 Å². The quantitative estimate of drug-likeness (QED) is 0.717. The molecule has 4 heteroatoms. The van der Waals surface area contributed by atoms with E-state index in [-0.39, 0.29) is 5.91 Å². The molecular weight excluding hydrogens is 316 g/mol. The Morgan fingerprint density at radius 3 is 2.71 bits per heavy atom. The number of rotatable bonds is 3. The standard InChI is InChI=1S/C20H18N2OS/c1-14-18(24-20(21-14)16-8-3-2-4-9-16)13-19(23)22-12-11-15-7-5-6-10-17(15)22/h2-10H,11-13H2,1H3. The van der Waals surface area contributed by atoms with Crippen LogP contribution in [0.2, 0.25) is 0 Å². The van der Waals surface area contributed by atoms with E-state index in [1.54, 1.807) is 11.3 Å². The van der Waals surface area contributed by atoms with E-state index >= 15 is 0 Å². The summed E-state index contributed by atoms with van der Waals surface area (Å²) in [6.45, 7) is 2.77. The molecule has 2 aromatic carbocycles. The maximum atomic E-state index is 12.8. The van der Waals surface area contributed by atoms with Crippen molar-refractivity contribution in [3.63, 3.8) is 0 Å². The van der Waals surface area contributed by atoms with Gasteiger partial charge >= 0.3 is 0 Å². The van der Waals surface area contributed by atoms with Gasteiger partial charge in [-0.05, 0) is 25.0 Å². The minimum absolute atomic E-state index is 0.159. The van der Waals surface area contributed by atoms with Crippen molar-refractivity contribution in [2.24, 2.45) is 0 Å². The maximum absolute atomic E-state index is 12.8. The zero-order valence-electron chi connectivity index (χ0n) is 13.5. The number of thiazole rings is 1. The lowest BCUT2D eigenvalue weighted by molar-refractivity contribution is -0.117. The largest absolute Gasteiger partial charge is 0.312 e. The first-order chi connectivity index (χ1) is 11.7. The number of carbonyl (C=O) groups excluding carboxylic acids is 1. The summed E-state index contributed by atoms with van der Waals surface area (Å²) in [7, 11) is 0. The lowest BCUT2D eigenvalue weighted by Gasteiger charge is -2.16. The summed E-state index contributed by atoms with van der Waals surface area (Å²) < 4.78 is 0. The summed E-state index contributed by atoms with van der Waals surface area (Å²) in [4.78, 5) is 20.4. The lowest BCUT2D eigenvalue weighted by Crippen LogP contribution is -2.30. The monoisotopic (exact) mass is 334 g/mol. The predicted octanol–water partition coefficient (Wildman–Crippen LogP) is 4.25. The van der Waals surface area contributed by atoms with E-state index in [0.29, 0.717) is 6.42 Å². The van der Waals surface area contributed by atoms with Gasteiger partial charge in [-0.15, -0.1) is 11.3 Å². The second-order valence-electron chi connectivity index (χ2n) is 5.99. The summed E-state index contributed by atoms with van der Waals surface area (Å²) >= 11 is 1.62. The Bertz CT molecular complexity index is 886. The van der Waals surface area contributed by atoms with E-state index in [9.17, 15) is 4.79 Å². The zero-order chi connectivity index (χ0) is 16.5. The highest BCUT2D eigenvalue weighted by atomic mass is 32.1. The molecule has 24 heavy (non-hydrogen) atoms. The van der Waals surface area contributed by atoms with Crippen LogP contribution in [0.4, 0.5) is 5.69 Å². The third-order valence-corrected chi connectivity index (χ3v) is 5.62. The van der Waals surface area contributed by atoms with E-state index in [1.807, 2.05) is 48.2 Å². The molecule has 2 heterocycles. The molecule has 0 N–H and O–H groups in total. The van der Waals surface area contributed by atoms with Crippen LogP contribution in [0.15, 0.2) is 54.6 Å². The van der Waals surface area contributed by atoms with Crippen LogP contribution in [0.3, 0.4) is 0 Å². The Labute approximate surface area is 145 Å². The van der Waals surface area contributed by atoms with Crippen LogP contribution in [0, 0.1) is 6.92 Å². The Morgan fingerprint density at radius 2 is 1.88 bits per heavy atom. The maximum Gasteiger partial charge on any atom is 0.232 e. The molecule has 3 aromatic rings. The number of fused-ring (bicyclic) bond motifs is 1. The lowest BCUT2D eigenvalue weighted by atomic mass is 10.2. The van der Waals surface area contributed by atoms with Crippen molar-refractivity contribution in [1.82, 2.24) is 4.98 Å². The van der Waals surface area contributed by atoms with Gasteiger partial charge in [0.25, 0.3) is 0 Å². The topological polar surface area (TPSA) is 33.2 Å². The third kappa shape index (κ3) is 2.74. The first kappa shape index (κ1) is 15.1. The van der Waals surface area contributed by atoms with Crippen LogP contribution in [0.1, 0.15) is 16.1 Å². The van der Waals surface area contributed by atoms with E-state index in [1.165, 1.54) is 5.56 Å². The molecule has 1 aliphatic heterocycles. The molecule has 0 atom stereocenters. The number of amides is 1. The van der Waals surface area contributed by atoms with Gasteiger partial charge in [-0.3, -0.25) is 4.79 Å². The molecule has 3 nitrogen and oxygen atoms in total. The number of carbonyl (C=O) groups is 1. The Hall–Kier alpha value is -2.46. The van der Waals surface area contributed by atoms with E-state index in [0.717, 1.165) is 39.8 Å². The van der Waals surface area contributed by atoms with E-state index < -0.39 is 0 Å². The molecule has 0 bridgehead atoms. The molecule has 1 amide bonds. The van der Waals surface area contributed by atoms with Crippen LogP contribution in [-0.2, 0) is 17.6 Å². The second-order valence-corrected chi connectivity index (χ2v) is 7.08. The number of aromatic nitrogens is 1. The van der Waals surface area contributed by atoms with Gasteiger partial charge in [0.15, 0.2) is 0 Å². The number of benzene rings is 2. The van der Waals surface area contributed by atoms with Gasteiger partial charge in [0.05, 0.1) is 12.1 Å². The molecule has 0 fully saturated rings. The average Bonchev–Trinajstić information content (AvgIpc) is 3.20. The third-order valence-electron chi connectivity index (χ3n) is 4.41. The van der Waals surface area contributed by atoms with E-state index in [4.69, 9.17) is 0 Å². The van der Waals surface area contributed by atoms with Crippen molar-refractivity contribution in [3.05, 3.63) is 70.7 Å². The molecule has 0 spiro atoms. The molecule has 0 saturated carbocycles. The normalized spacial score (nSPS) is 13.1. The molecule has 0 unspecified atom stereocenters. The van der Waals surface area contributed by atoms with Crippen molar-refractivity contribution in [3.8, 4) is 10.6 Å². The molecule has 0 aliphatic carbocycles. The molecule has 1 aromatic heterocycles. The molecule has 4 rings (SSSR count). The first-order valence-electron chi connectivity index (χ1n) is 8.12. The van der Waals surface area contributed by atoms with Crippen LogP contribution < -0.4 is 4.90 Å². The molecule has 0 saturated heterocycles. The van der Waals surface area contributed by atoms with Gasteiger partial charge in [0.2, 0.25) is 5.91 Å². The summed E-state index contributed by atoms with van der Waals surface area (Å²) in [6, 6.07) is 18.3. The van der Waals surface area contributed by atoms with Crippen molar-refractivity contribution in [1.29, 1.82) is 0 Å². The number of hydrogen-bond acceptors (Lipinski definition) is 3. The van der Waals surface area contributed by atoms with Crippen LogP contribution >= 0.6 is 11.3 Å². The molecule has 120 valence electrons. The predicted molar refractivity (Wildman–Crippen MR) is 98.5 cm³/mol. The van der Waals surface area contributed by atoms with Gasteiger partial charge in [0.1, 0.15) is 5.01 Å². The summed E-state index contributed by atoms with van der Waals surface area (Å²) in [6.07, 6.45) is 1.36. The molecule has 1 aliphatic rings. The fraction of sp³-hybridized carbons (Fsp3) is 0.200. The number of hydrogen-bond donors (Lipinski definition) is 0. The highest BCUT2D eigenvalue weighted by Gasteiger charge is 2.25. The smallest absolute Gasteiger partial charge is 0.232 e. The van der Waals surface area contributed by atoms with Crippen molar-refractivity contribution < 1.29 is 4.79 Å². The number of anilines is 1. The fourth-order valence-corrected chi connectivity index (χ4v) is 4.19. The first-order valence-corrected chi connectivity index (χ1v) is 8.94. The Balaban J connectivity index is 1.56. The minimum Gasteiger partial charge on any atom is -0.312 e. The summed E-state index contributed by atoms with van der Waals surface area (Å²) in [5.74, 6) is 0.159. The number of aryl methyl sites for hydroxylation is 1. The zero-order valence-corrected chi connectivity index (χ0v) is 14.3. The van der Waals surface area contributed by atoms with Crippen molar-refractivity contribution in [2.75, 3.05) is 11.4 Å². The number of nitrogens with zero attached hydrogens (tertiary/aromatic N) is 2. The molecule has 0 radical (unpaired) electrons. The van der Waals surface area contributed by atoms with Gasteiger partial charge in [-0.25, -0.2) is 4.98 Å². The van der Waals surface area contributed by atoms with Crippen LogP contribution in [-0.4, -0.2) is 17.4 Å². The highest BCUT2D eigenvalue weighted by Crippen LogP contribution is 2.31. The van der Waals surface area contributed by atoms with Crippen LogP contribution in [0.5, 0.6) is 0 Å². The highest BCUT2D eigenvalue weighted by molar-refractivity contribution is 7.15. The van der Waals surface area contributed by atoms with Crippen molar-refractivity contribution >= 4 is 22.9 Å². The Kier molecular flexibility index (Phi) is 3.90. The minimum atomic E-state index is 0.159. The van der Waals surface area contributed by atoms with Crippen LogP contribution in [0.25, 0.3) is 10.6 Å². The SMILES string of the molecule is Cc1nc(-c2ccccc2)sc1CC(=O)N1CCc2ccccc21.